The highest BCUT2D eigenvalue weighted by Gasteiger charge is 2.08. The molecule has 84 valence electrons. The van der Waals surface area contributed by atoms with Gasteiger partial charge in [0.25, 0.3) is 0 Å². The Morgan fingerprint density at radius 1 is 1.56 bits per heavy atom. The molecule has 16 heavy (non-hydrogen) atoms. The van der Waals surface area contributed by atoms with Crippen LogP contribution in [0, 0.1) is 0 Å². The van der Waals surface area contributed by atoms with Crippen molar-refractivity contribution in [2.24, 2.45) is 0 Å². The monoisotopic (exact) mass is 283 g/mol. The van der Waals surface area contributed by atoms with E-state index in [1.54, 1.807) is 18.0 Å². The second kappa shape index (κ2) is 4.21. The summed E-state index contributed by atoms with van der Waals surface area (Å²) in [6.45, 7) is 1.78. The van der Waals surface area contributed by atoms with Crippen molar-refractivity contribution in [1.29, 1.82) is 0 Å². The molecular formula is C10H10BrN3O2. The predicted molar refractivity (Wildman–Crippen MR) is 62.5 cm³/mol. The van der Waals surface area contributed by atoms with Crippen molar-refractivity contribution in [1.82, 2.24) is 14.8 Å². The van der Waals surface area contributed by atoms with Crippen molar-refractivity contribution < 1.29 is 9.53 Å². The van der Waals surface area contributed by atoms with Gasteiger partial charge in [-0.25, -0.2) is 4.98 Å². The summed E-state index contributed by atoms with van der Waals surface area (Å²) in [7, 11) is 1.55. The fourth-order valence-electron chi connectivity index (χ4n) is 1.41. The standard InChI is InChI=1S/C10H10BrN3O2/c1-6(15)4-14-5-9-8(13-14)3-7(11)10(12-9)16-2/h3,5H,4H2,1-2H3. The summed E-state index contributed by atoms with van der Waals surface area (Å²) in [6, 6.07) is 1.82. The van der Waals surface area contributed by atoms with E-state index in [0.29, 0.717) is 11.4 Å². The van der Waals surface area contributed by atoms with Crippen molar-refractivity contribution in [3.63, 3.8) is 0 Å². The van der Waals surface area contributed by atoms with Crippen LogP contribution in [0.1, 0.15) is 6.92 Å². The van der Waals surface area contributed by atoms with Gasteiger partial charge >= 0.3 is 0 Å². The van der Waals surface area contributed by atoms with Crippen molar-refractivity contribution >= 4 is 32.7 Å². The number of methoxy groups -OCH3 is 1. The van der Waals surface area contributed by atoms with Crippen molar-refractivity contribution in [2.45, 2.75) is 13.5 Å². The van der Waals surface area contributed by atoms with Gasteiger partial charge in [-0.15, -0.1) is 0 Å². The largest absolute Gasteiger partial charge is 0.480 e. The molecule has 0 fully saturated rings. The normalized spacial score (nSPS) is 10.7. The number of aromatic nitrogens is 3. The Morgan fingerprint density at radius 3 is 2.94 bits per heavy atom. The molecule has 0 unspecified atom stereocenters. The van der Waals surface area contributed by atoms with Crippen molar-refractivity contribution in [3.8, 4) is 5.88 Å². The van der Waals surface area contributed by atoms with Crippen LogP contribution in [-0.4, -0.2) is 27.7 Å². The molecule has 0 N–H and O–H groups in total. The van der Waals surface area contributed by atoms with Crippen molar-refractivity contribution in [3.05, 3.63) is 16.7 Å². The molecule has 0 aliphatic rings. The molecule has 0 saturated carbocycles. The number of hydrogen-bond acceptors (Lipinski definition) is 4. The number of carbonyl (C=O) groups is 1. The van der Waals surface area contributed by atoms with Crippen LogP contribution in [0.25, 0.3) is 11.0 Å². The highest BCUT2D eigenvalue weighted by Crippen LogP contribution is 2.25. The Bertz CT molecular complexity index is 550. The van der Waals surface area contributed by atoms with Gasteiger partial charge in [-0.1, -0.05) is 0 Å². The molecule has 0 spiro atoms. The predicted octanol–water partition coefficient (Wildman–Crippen LogP) is 1.79. The van der Waals surface area contributed by atoms with Crippen molar-refractivity contribution in [2.75, 3.05) is 7.11 Å². The summed E-state index contributed by atoms with van der Waals surface area (Å²) >= 11 is 3.33. The number of rotatable bonds is 3. The summed E-state index contributed by atoms with van der Waals surface area (Å²) in [5.41, 5.74) is 1.44. The molecular weight excluding hydrogens is 274 g/mol. The number of nitrogens with zero attached hydrogens (tertiary/aromatic N) is 3. The minimum Gasteiger partial charge on any atom is -0.480 e. The average Bonchev–Trinajstić information content (AvgIpc) is 2.56. The van der Waals surface area contributed by atoms with Gasteiger partial charge < -0.3 is 4.74 Å². The van der Waals surface area contributed by atoms with Crippen LogP contribution in [0.4, 0.5) is 0 Å². The minimum absolute atomic E-state index is 0.0545. The maximum atomic E-state index is 11.0. The Labute approximate surface area is 101 Å². The first-order valence-corrected chi connectivity index (χ1v) is 5.46. The summed E-state index contributed by atoms with van der Waals surface area (Å²) in [5.74, 6) is 0.564. The minimum atomic E-state index is 0.0545. The Morgan fingerprint density at radius 2 is 2.31 bits per heavy atom. The summed E-state index contributed by atoms with van der Waals surface area (Å²) < 4.78 is 7.40. The molecule has 0 amide bonds. The third-order valence-corrected chi connectivity index (χ3v) is 2.61. The first-order valence-electron chi connectivity index (χ1n) is 4.67. The highest BCUT2D eigenvalue weighted by molar-refractivity contribution is 9.10. The average molecular weight is 284 g/mol. The fraction of sp³-hybridized carbons (Fsp3) is 0.300. The SMILES string of the molecule is COc1nc2cn(CC(C)=O)nc2cc1Br. The maximum Gasteiger partial charge on any atom is 0.228 e. The van der Waals surface area contributed by atoms with E-state index in [0.717, 1.165) is 9.99 Å². The van der Waals surface area contributed by atoms with Gasteiger partial charge in [0.15, 0.2) is 5.78 Å². The van der Waals surface area contributed by atoms with E-state index in [4.69, 9.17) is 4.74 Å². The van der Waals surface area contributed by atoms with Gasteiger partial charge in [0, 0.05) is 0 Å². The van der Waals surface area contributed by atoms with Crippen LogP contribution in [0.3, 0.4) is 0 Å². The molecule has 0 aliphatic heterocycles. The van der Waals surface area contributed by atoms with Crippen LogP contribution >= 0.6 is 15.9 Å². The number of ketones is 1. The zero-order chi connectivity index (χ0) is 11.7. The number of hydrogen-bond donors (Lipinski definition) is 0. The molecule has 6 heteroatoms. The second-order valence-corrected chi connectivity index (χ2v) is 4.27. The Hall–Kier alpha value is -1.43. The fourth-order valence-corrected chi connectivity index (χ4v) is 1.88. The first-order chi connectivity index (χ1) is 7.60. The van der Waals surface area contributed by atoms with Crippen LogP contribution in [-0.2, 0) is 11.3 Å². The highest BCUT2D eigenvalue weighted by atomic mass is 79.9. The van der Waals surface area contributed by atoms with E-state index in [-0.39, 0.29) is 12.3 Å². The third kappa shape index (κ3) is 2.06. The van der Waals surface area contributed by atoms with E-state index >= 15 is 0 Å². The van der Waals surface area contributed by atoms with Crippen LogP contribution < -0.4 is 4.74 Å². The van der Waals surface area contributed by atoms with E-state index in [2.05, 4.69) is 26.0 Å². The summed E-state index contributed by atoms with van der Waals surface area (Å²) in [4.78, 5) is 15.2. The maximum absolute atomic E-state index is 11.0. The van der Waals surface area contributed by atoms with Crippen LogP contribution in [0.5, 0.6) is 5.88 Å². The second-order valence-electron chi connectivity index (χ2n) is 3.41. The van der Waals surface area contributed by atoms with Gasteiger partial charge in [-0.05, 0) is 28.9 Å². The number of Topliss-reactive ketones (excluding diaryl/α,β-unsaturated/α-hetero) is 1. The summed E-state index contributed by atoms with van der Waals surface area (Å²) in [5, 5.41) is 4.24. The molecule has 2 aromatic rings. The summed E-state index contributed by atoms with van der Waals surface area (Å²) in [6.07, 6.45) is 1.73. The smallest absolute Gasteiger partial charge is 0.228 e. The van der Waals surface area contributed by atoms with Crippen LogP contribution in [0.15, 0.2) is 16.7 Å². The number of halogens is 1. The van der Waals surface area contributed by atoms with Crippen LogP contribution in [0.2, 0.25) is 0 Å². The van der Waals surface area contributed by atoms with Gasteiger partial charge in [-0.2, -0.15) is 5.10 Å². The van der Waals surface area contributed by atoms with E-state index in [1.165, 1.54) is 6.92 Å². The molecule has 0 aromatic carbocycles. The lowest BCUT2D eigenvalue weighted by Crippen LogP contribution is -2.05. The first kappa shape index (κ1) is 11.1. The van der Waals surface area contributed by atoms with Gasteiger partial charge in [-0.3, -0.25) is 9.48 Å². The number of pyridine rings is 1. The number of ether oxygens (including phenoxy) is 1. The molecule has 5 nitrogen and oxygen atoms in total. The van der Waals surface area contributed by atoms with Gasteiger partial charge in [0.1, 0.15) is 11.0 Å². The third-order valence-electron chi connectivity index (χ3n) is 2.04. The zero-order valence-electron chi connectivity index (χ0n) is 8.90. The topological polar surface area (TPSA) is 57.0 Å². The number of carbonyl (C=O) groups excluding carboxylic acids is 1. The molecule has 2 heterocycles. The Balaban J connectivity index is 2.49. The Kier molecular flexibility index (Phi) is 2.91. The quantitative estimate of drug-likeness (QED) is 0.862. The molecule has 0 atom stereocenters. The molecule has 2 rings (SSSR count). The lowest BCUT2D eigenvalue weighted by atomic mass is 10.4. The molecule has 0 aliphatic carbocycles. The lowest BCUT2D eigenvalue weighted by molar-refractivity contribution is -0.117. The van der Waals surface area contributed by atoms with E-state index < -0.39 is 0 Å². The van der Waals surface area contributed by atoms with E-state index in [9.17, 15) is 4.79 Å². The molecule has 0 radical (unpaired) electrons. The van der Waals surface area contributed by atoms with E-state index in [1.807, 2.05) is 6.07 Å². The molecule has 0 saturated heterocycles. The van der Waals surface area contributed by atoms with Gasteiger partial charge in [0.05, 0.1) is 24.3 Å². The lowest BCUT2D eigenvalue weighted by Gasteiger charge is -1.99. The number of fused-ring (bicyclic) bond motifs is 1. The molecule has 0 bridgehead atoms. The van der Waals surface area contributed by atoms with Gasteiger partial charge in [0.2, 0.25) is 5.88 Å². The molecule has 2 aromatic heterocycles. The zero-order valence-corrected chi connectivity index (χ0v) is 10.5.